The van der Waals surface area contributed by atoms with E-state index in [0.29, 0.717) is 46.3 Å². The van der Waals surface area contributed by atoms with Crippen molar-refractivity contribution < 1.29 is 19.1 Å². The zero-order chi connectivity index (χ0) is 26.2. The first-order valence-corrected chi connectivity index (χ1v) is 12.5. The summed E-state index contributed by atoms with van der Waals surface area (Å²) in [6, 6.07) is 18.7. The van der Waals surface area contributed by atoms with Gasteiger partial charge in [-0.1, -0.05) is 37.3 Å². The van der Waals surface area contributed by atoms with E-state index in [1.807, 2.05) is 53.6 Å². The topological polar surface area (TPSA) is 93.1 Å². The van der Waals surface area contributed by atoms with Gasteiger partial charge in [-0.3, -0.25) is 14.6 Å². The molecule has 2 aliphatic rings. The van der Waals surface area contributed by atoms with E-state index in [0.717, 1.165) is 22.7 Å². The van der Waals surface area contributed by atoms with Crippen molar-refractivity contribution >= 4 is 45.5 Å². The van der Waals surface area contributed by atoms with Crippen LogP contribution in [0.3, 0.4) is 0 Å². The molecule has 190 valence electrons. The molecule has 8 nitrogen and oxygen atoms in total. The molecule has 1 fully saturated rings. The number of carbonyl (C=O) groups excluding carboxylic acids is 2. The maximum atomic E-state index is 13.2. The summed E-state index contributed by atoms with van der Waals surface area (Å²) >= 11 is 0. The highest BCUT2D eigenvalue weighted by Gasteiger charge is 2.35. The SMILES string of the molecule is COc1cc2c(cc1O/C=C\NC(=O)c1cccc3cc4ccccc4nc13)N=C[C@@H]1C[C@@H](C)CN1C2=O. The number of aromatic nitrogens is 1. The van der Waals surface area contributed by atoms with Crippen molar-refractivity contribution in [3.63, 3.8) is 0 Å². The van der Waals surface area contributed by atoms with E-state index in [1.165, 1.54) is 19.6 Å². The highest BCUT2D eigenvalue weighted by Crippen LogP contribution is 2.38. The van der Waals surface area contributed by atoms with Crippen LogP contribution in [0, 0.1) is 5.92 Å². The van der Waals surface area contributed by atoms with Gasteiger partial charge in [0.15, 0.2) is 11.5 Å². The lowest BCUT2D eigenvalue weighted by Gasteiger charge is -2.20. The fraction of sp³-hybridized carbons (Fsp3) is 0.200. The van der Waals surface area contributed by atoms with Gasteiger partial charge >= 0.3 is 0 Å². The minimum Gasteiger partial charge on any atom is -0.493 e. The van der Waals surface area contributed by atoms with Crippen LogP contribution in [0.1, 0.15) is 34.1 Å². The zero-order valence-corrected chi connectivity index (χ0v) is 21.0. The zero-order valence-electron chi connectivity index (χ0n) is 21.0. The molecular formula is C30H26N4O4. The van der Waals surface area contributed by atoms with Gasteiger partial charge in [0.2, 0.25) is 0 Å². The molecule has 6 rings (SSSR count). The summed E-state index contributed by atoms with van der Waals surface area (Å²) in [5.74, 6) is 0.855. The van der Waals surface area contributed by atoms with Gasteiger partial charge in [0.25, 0.3) is 11.8 Å². The molecule has 2 aliphatic heterocycles. The number of methoxy groups -OCH3 is 1. The van der Waals surface area contributed by atoms with Gasteiger partial charge in [-0.15, -0.1) is 0 Å². The third-order valence-electron chi connectivity index (χ3n) is 6.98. The number of amides is 2. The monoisotopic (exact) mass is 506 g/mol. The molecule has 38 heavy (non-hydrogen) atoms. The Kier molecular flexibility index (Phi) is 5.99. The highest BCUT2D eigenvalue weighted by molar-refractivity contribution is 6.08. The number of hydrogen-bond acceptors (Lipinski definition) is 6. The first-order chi connectivity index (χ1) is 18.5. The number of hydrogen-bond donors (Lipinski definition) is 1. The summed E-state index contributed by atoms with van der Waals surface area (Å²) in [5.41, 5.74) is 2.92. The molecule has 8 heteroatoms. The number of aliphatic imine (C=N–C) groups is 1. The number of pyridine rings is 1. The predicted molar refractivity (Wildman–Crippen MR) is 146 cm³/mol. The molecular weight excluding hydrogens is 480 g/mol. The lowest BCUT2D eigenvalue weighted by atomic mass is 10.1. The number of benzene rings is 3. The quantitative estimate of drug-likeness (QED) is 0.295. The van der Waals surface area contributed by atoms with Crippen molar-refractivity contribution in [3.8, 4) is 11.5 Å². The van der Waals surface area contributed by atoms with E-state index >= 15 is 0 Å². The normalized spacial score (nSPS) is 18.5. The van der Waals surface area contributed by atoms with Gasteiger partial charge in [-0.05, 0) is 36.6 Å². The number of nitrogens with zero attached hydrogens (tertiary/aromatic N) is 3. The molecule has 0 unspecified atom stereocenters. The minimum absolute atomic E-state index is 0.00285. The largest absolute Gasteiger partial charge is 0.493 e. The molecule has 1 N–H and O–H groups in total. The van der Waals surface area contributed by atoms with Crippen LogP contribution in [0.4, 0.5) is 5.69 Å². The molecule has 2 amide bonds. The highest BCUT2D eigenvalue weighted by atomic mass is 16.5. The van der Waals surface area contributed by atoms with Gasteiger partial charge in [-0.25, -0.2) is 4.98 Å². The van der Waals surface area contributed by atoms with Crippen molar-refractivity contribution in [1.29, 1.82) is 0 Å². The third kappa shape index (κ3) is 4.24. The average molecular weight is 507 g/mol. The smallest absolute Gasteiger partial charge is 0.257 e. The van der Waals surface area contributed by atoms with Crippen LogP contribution in [-0.4, -0.2) is 47.6 Å². The van der Waals surface area contributed by atoms with Gasteiger partial charge in [0, 0.05) is 35.8 Å². The molecule has 2 atom stereocenters. The van der Waals surface area contributed by atoms with E-state index in [1.54, 1.807) is 18.2 Å². The molecule has 0 spiro atoms. The Morgan fingerprint density at radius 2 is 1.92 bits per heavy atom. The van der Waals surface area contributed by atoms with E-state index in [4.69, 9.17) is 14.5 Å². The predicted octanol–water partition coefficient (Wildman–Crippen LogP) is 5.24. The van der Waals surface area contributed by atoms with Crippen molar-refractivity contribution in [2.75, 3.05) is 13.7 Å². The maximum Gasteiger partial charge on any atom is 0.257 e. The van der Waals surface area contributed by atoms with Crippen molar-refractivity contribution in [2.45, 2.75) is 19.4 Å². The first-order valence-electron chi connectivity index (χ1n) is 12.5. The van der Waals surface area contributed by atoms with Crippen molar-refractivity contribution in [1.82, 2.24) is 15.2 Å². The van der Waals surface area contributed by atoms with Crippen LogP contribution in [0.15, 0.2) is 78.1 Å². The Balaban J connectivity index is 1.21. The standard InChI is InChI=1S/C30H26N4O4/c1-18-12-21-16-32-25-15-27(26(37-2)14-23(25)30(36)34(21)17-18)38-11-10-31-29(35)22-8-5-7-20-13-19-6-3-4-9-24(19)33-28(20)22/h3-11,13-16,18,21H,12,17H2,1-2H3,(H,31,35)/b11-10-/t18-,21+/m1/s1. The van der Waals surface area contributed by atoms with Crippen LogP contribution >= 0.6 is 0 Å². The fourth-order valence-electron chi connectivity index (χ4n) is 5.14. The van der Waals surface area contributed by atoms with Gasteiger partial charge in [-0.2, -0.15) is 0 Å². The Morgan fingerprint density at radius 1 is 1.08 bits per heavy atom. The molecule has 4 aromatic rings. The summed E-state index contributed by atoms with van der Waals surface area (Å²) < 4.78 is 11.3. The second-order valence-electron chi connectivity index (χ2n) is 9.62. The third-order valence-corrected chi connectivity index (χ3v) is 6.98. The first kappa shape index (κ1) is 23.7. The number of para-hydroxylation sites is 2. The maximum absolute atomic E-state index is 13.2. The lowest BCUT2D eigenvalue weighted by molar-refractivity contribution is 0.0770. The van der Waals surface area contributed by atoms with E-state index in [9.17, 15) is 9.59 Å². The van der Waals surface area contributed by atoms with E-state index in [-0.39, 0.29) is 17.9 Å². The van der Waals surface area contributed by atoms with Gasteiger partial charge in [0.05, 0.1) is 41.0 Å². The summed E-state index contributed by atoms with van der Waals surface area (Å²) in [7, 11) is 1.52. The Hall–Kier alpha value is -4.72. The van der Waals surface area contributed by atoms with Gasteiger partial charge in [0.1, 0.15) is 6.26 Å². The van der Waals surface area contributed by atoms with E-state index < -0.39 is 0 Å². The molecule has 3 aromatic carbocycles. The summed E-state index contributed by atoms with van der Waals surface area (Å²) in [6.45, 7) is 2.85. The fourth-order valence-corrected chi connectivity index (χ4v) is 5.14. The van der Waals surface area contributed by atoms with E-state index in [2.05, 4.69) is 17.2 Å². The molecule has 0 radical (unpaired) electrons. The molecule has 1 saturated heterocycles. The second-order valence-corrected chi connectivity index (χ2v) is 9.62. The molecule has 1 aromatic heterocycles. The molecule has 0 saturated carbocycles. The Bertz CT molecular complexity index is 1640. The minimum atomic E-state index is -0.308. The molecule has 0 aliphatic carbocycles. The molecule has 3 heterocycles. The average Bonchev–Trinajstić information content (AvgIpc) is 3.27. The van der Waals surface area contributed by atoms with Crippen LogP contribution in [0.2, 0.25) is 0 Å². The number of ether oxygens (including phenoxy) is 2. The summed E-state index contributed by atoms with van der Waals surface area (Å²) in [4.78, 5) is 37.3. The van der Waals surface area contributed by atoms with Crippen molar-refractivity contribution in [2.24, 2.45) is 10.9 Å². The summed E-state index contributed by atoms with van der Waals surface area (Å²) in [6.07, 6.45) is 5.51. The van der Waals surface area contributed by atoms with Crippen LogP contribution in [0.25, 0.3) is 21.8 Å². The Labute approximate surface area is 219 Å². The number of nitrogens with one attached hydrogen (secondary N) is 1. The summed E-state index contributed by atoms with van der Waals surface area (Å²) in [5, 5.41) is 4.64. The molecule has 0 bridgehead atoms. The van der Waals surface area contributed by atoms with Crippen molar-refractivity contribution in [3.05, 3.63) is 84.3 Å². The second kappa shape index (κ2) is 9.63. The Morgan fingerprint density at radius 3 is 2.79 bits per heavy atom. The number of fused-ring (bicyclic) bond motifs is 4. The van der Waals surface area contributed by atoms with Crippen LogP contribution in [-0.2, 0) is 0 Å². The van der Waals surface area contributed by atoms with Crippen LogP contribution < -0.4 is 14.8 Å². The van der Waals surface area contributed by atoms with Crippen LogP contribution in [0.5, 0.6) is 11.5 Å². The lowest BCUT2D eigenvalue weighted by Crippen LogP contribution is -2.35. The number of carbonyl (C=O) groups is 2. The number of rotatable bonds is 5. The van der Waals surface area contributed by atoms with Gasteiger partial charge < -0.3 is 19.7 Å².